The molecular formula is C17H20N2O5. The molecule has 1 aliphatic rings. The largest absolute Gasteiger partial charge is 0.475 e. The maximum atomic E-state index is 11.8. The molecular weight excluding hydrogens is 312 g/mol. The van der Waals surface area contributed by atoms with Gasteiger partial charge in [0.1, 0.15) is 12.3 Å². The predicted molar refractivity (Wildman–Crippen MR) is 88.7 cm³/mol. The second kappa shape index (κ2) is 7.16. The van der Waals surface area contributed by atoms with E-state index in [2.05, 4.69) is 19.8 Å². The van der Waals surface area contributed by atoms with E-state index in [9.17, 15) is 9.59 Å². The lowest BCUT2D eigenvalue weighted by Crippen LogP contribution is -2.17. The zero-order chi connectivity index (χ0) is 17.7. The summed E-state index contributed by atoms with van der Waals surface area (Å²) in [6.07, 6.45) is 1.03. The number of anilines is 1. The molecule has 0 amide bonds. The summed E-state index contributed by atoms with van der Waals surface area (Å²) >= 11 is 0. The van der Waals surface area contributed by atoms with Crippen LogP contribution in [0.4, 0.5) is 5.69 Å². The fourth-order valence-electron chi connectivity index (χ4n) is 2.05. The number of rotatable bonds is 5. The van der Waals surface area contributed by atoms with Gasteiger partial charge in [0.05, 0.1) is 25.8 Å². The lowest BCUT2D eigenvalue weighted by molar-refractivity contribution is -0.138. The summed E-state index contributed by atoms with van der Waals surface area (Å²) in [6.45, 7) is 4.47. The molecule has 2 rings (SSSR count). The quantitative estimate of drug-likeness (QED) is 0.654. The first-order chi connectivity index (χ1) is 11.3. The minimum atomic E-state index is -0.679. The summed E-state index contributed by atoms with van der Waals surface area (Å²) < 4.78 is 14.8. The lowest BCUT2D eigenvalue weighted by Gasteiger charge is -2.10. The first-order valence-corrected chi connectivity index (χ1v) is 7.33. The molecule has 0 saturated heterocycles. The smallest absolute Gasteiger partial charge is 0.354 e. The number of carbonyl (C=O) groups is 2. The van der Waals surface area contributed by atoms with E-state index in [0.717, 1.165) is 11.6 Å². The Morgan fingerprint density at radius 1 is 1.29 bits per heavy atom. The van der Waals surface area contributed by atoms with Crippen molar-refractivity contribution in [3.63, 3.8) is 0 Å². The molecule has 1 heterocycles. The van der Waals surface area contributed by atoms with Crippen LogP contribution in [0.15, 0.2) is 41.0 Å². The maximum absolute atomic E-state index is 11.8. The molecule has 7 nitrogen and oxygen atoms in total. The zero-order valence-electron chi connectivity index (χ0n) is 14.1. The van der Waals surface area contributed by atoms with Crippen molar-refractivity contribution in [3.05, 3.63) is 41.6 Å². The Balaban J connectivity index is 2.26. The molecule has 0 saturated carbocycles. The van der Waals surface area contributed by atoms with Crippen LogP contribution in [-0.4, -0.2) is 44.2 Å². The van der Waals surface area contributed by atoms with Gasteiger partial charge in [-0.2, -0.15) is 0 Å². The van der Waals surface area contributed by atoms with Crippen LogP contribution in [0.1, 0.15) is 19.4 Å². The van der Waals surface area contributed by atoms with Crippen molar-refractivity contribution < 1.29 is 23.8 Å². The molecule has 1 N–H and O–H groups in total. The highest BCUT2D eigenvalue weighted by molar-refractivity contribution is 6.00. The Hall–Kier alpha value is -2.83. The Morgan fingerprint density at radius 3 is 2.62 bits per heavy atom. The highest BCUT2D eigenvalue weighted by Gasteiger charge is 2.27. The Bertz CT molecular complexity index is 707. The number of hydrogen-bond donors (Lipinski definition) is 1. The monoisotopic (exact) mass is 332 g/mol. The van der Waals surface area contributed by atoms with Gasteiger partial charge < -0.3 is 19.5 Å². The van der Waals surface area contributed by atoms with Crippen molar-refractivity contribution in [2.75, 3.05) is 26.1 Å². The van der Waals surface area contributed by atoms with Crippen LogP contribution in [0.25, 0.3) is 0 Å². The highest BCUT2D eigenvalue weighted by atomic mass is 16.5. The lowest BCUT2D eigenvalue weighted by atomic mass is 10.1. The van der Waals surface area contributed by atoms with E-state index in [0.29, 0.717) is 18.2 Å². The van der Waals surface area contributed by atoms with Crippen molar-refractivity contribution in [2.24, 2.45) is 4.99 Å². The summed E-state index contributed by atoms with van der Waals surface area (Å²) in [6, 6.07) is 7.17. The molecule has 0 radical (unpaired) electrons. The van der Waals surface area contributed by atoms with Gasteiger partial charge in [-0.1, -0.05) is 6.07 Å². The molecule has 1 aliphatic heterocycles. The number of carbonyl (C=O) groups excluding carboxylic acids is 2. The zero-order valence-corrected chi connectivity index (χ0v) is 14.1. The summed E-state index contributed by atoms with van der Waals surface area (Å²) in [7, 11) is 2.46. The molecule has 0 bridgehead atoms. The Morgan fingerprint density at radius 2 is 2.04 bits per heavy atom. The molecule has 1 aromatic rings. The number of nitrogens with one attached hydrogen (secondary N) is 1. The van der Waals surface area contributed by atoms with E-state index in [-0.39, 0.29) is 11.2 Å². The molecule has 0 spiro atoms. The van der Waals surface area contributed by atoms with Gasteiger partial charge >= 0.3 is 11.9 Å². The fraction of sp³-hybridized carbons (Fsp3) is 0.353. The van der Waals surface area contributed by atoms with E-state index < -0.39 is 11.9 Å². The summed E-state index contributed by atoms with van der Waals surface area (Å²) in [4.78, 5) is 27.7. The van der Waals surface area contributed by atoms with Crippen LogP contribution in [0.2, 0.25) is 0 Å². The number of ether oxygens (including phenoxy) is 3. The van der Waals surface area contributed by atoms with Gasteiger partial charge in [0, 0.05) is 11.3 Å². The van der Waals surface area contributed by atoms with Gasteiger partial charge in [-0.15, -0.1) is 0 Å². The van der Waals surface area contributed by atoms with Crippen molar-refractivity contribution in [1.29, 1.82) is 0 Å². The van der Waals surface area contributed by atoms with Gasteiger partial charge in [0.2, 0.25) is 5.90 Å². The molecule has 0 unspecified atom stereocenters. The third kappa shape index (κ3) is 4.34. The molecule has 1 aromatic carbocycles. The van der Waals surface area contributed by atoms with Crippen molar-refractivity contribution in [3.8, 4) is 0 Å². The number of aliphatic imine (C=N–C) groups is 1. The first-order valence-electron chi connectivity index (χ1n) is 7.33. The molecule has 0 fully saturated rings. The third-order valence-corrected chi connectivity index (χ3v) is 3.22. The maximum Gasteiger partial charge on any atom is 0.354 e. The third-order valence-electron chi connectivity index (χ3n) is 3.22. The van der Waals surface area contributed by atoms with E-state index in [1.54, 1.807) is 18.2 Å². The number of hydrogen-bond acceptors (Lipinski definition) is 7. The van der Waals surface area contributed by atoms with Crippen molar-refractivity contribution in [1.82, 2.24) is 0 Å². The normalized spacial score (nSPS) is 16.0. The second-order valence-corrected chi connectivity index (χ2v) is 5.80. The Labute approximate surface area is 140 Å². The van der Waals surface area contributed by atoms with E-state index >= 15 is 0 Å². The van der Waals surface area contributed by atoms with E-state index in [1.807, 2.05) is 19.9 Å². The summed E-state index contributed by atoms with van der Waals surface area (Å²) in [5.74, 6) is -0.800. The van der Waals surface area contributed by atoms with Crippen LogP contribution in [0.3, 0.4) is 0 Å². The number of benzene rings is 1. The van der Waals surface area contributed by atoms with Crippen molar-refractivity contribution >= 4 is 23.5 Å². The highest BCUT2D eigenvalue weighted by Crippen LogP contribution is 2.22. The van der Waals surface area contributed by atoms with Crippen molar-refractivity contribution in [2.45, 2.75) is 19.4 Å². The van der Waals surface area contributed by atoms with Crippen LogP contribution in [-0.2, 0) is 23.8 Å². The van der Waals surface area contributed by atoms with Gasteiger partial charge in [-0.05, 0) is 32.0 Å². The molecule has 0 aromatic heterocycles. The van der Waals surface area contributed by atoms with Crippen LogP contribution < -0.4 is 5.32 Å². The predicted octanol–water partition coefficient (Wildman–Crippen LogP) is 1.88. The molecule has 0 atom stereocenters. The molecule has 0 aliphatic carbocycles. The van der Waals surface area contributed by atoms with Gasteiger partial charge in [0.25, 0.3) is 0 Å². The number of nitrogens with zero attached hydrogens (tertiary/aromatic N) is 1. The Kier molecular flexibility index (Phi) is 5.23. The summed E-state index contributed by atoms with van der Waals surface area (Å²) in [5, 5.41) is 2.85. The van der Waals surface area contributed by atoms with Gasteiger partial charge in [-0.3, -0.25) is 0 Å². The number of methoxy groups -OCH3 is 2. The minimum absolute atomic E-state index is 0.0314. The van der Waals surface area contributed by atoms with E-state index in [1.165, 1.54) is 14.2 Å². The topological polar surface area (TPSA) is 86.2 Å². The molecule has 24 heavy (non-hydrogen) atoms. The summed E-state index contributed by atoms with van der Waals surface area (Å²) in [5.41, 5.74) is 1.06. The van der Waals surface area contributed by atoms with Crippen LogP contribution >= 0.6 is 0 Å². The second-order valence-electron chi connectivity index (χ2n) is 5.80. The van der Waals surface area contributed by atoms with Crippen LogP contribution in [0, 0.1) is 0 Å². The fourth-order valence-corrected chi connectivity index (χ4v) is 2.05. The van der Waals surface area contributed by atoms with Gasteiger partial charge in [0.15, 0.2) is 0 Å². The molecule has 128 valence electrons. The standard InChI is InChI=1S/C17H20N2O5/c1-17(2)10-24-15(19-17)11-6-5-7-12(8-11)18-13(16(21)23-4)9-14(20)22-3/h5-9,18H,10H2,1-4H3/b13-9+. The average molecular weight is 332 g/mol. The number of esters is 2. The SMILES string of the molecule is COC(=O)/C=C(/Nc1cccc(C2=NC(C)(C)CO2)c1)C(=O)OC. The van der Waals surface area contributed by atoms with E-state index in [4.69, 9.17) is 4.74 Å². The molecule has 7 heteroatoms. The minimum Gasteiger partial charge on any atom is -0.475 e. The van der Waals surface area contributed by atoms with Gasteiger partial charge in [-0.25, -0.2) is 14.6 Å². The average Bonchev–Trinajstić information content (AvgIpc) is 2.93. The van der Waals surface area contributed by atoms with Crippen LogP contribution in [0.5, 0.6) is 0 Å². The first kappa shape index (κ1) is 17.5.